The van der Waals surface area contributed by atoms with Gasteiger partial charge in [0.2, 0.25) is 5.91 Å². The molecule has 3 rings (SSSR count). The van der Waals surface area contributed by atoms with Crippen molar-refractivity contribution in [2.24, 2.45) is 5.92 Å². The Morgan fingerprint density at radius 2 is 1.85 bits per heavy atom. The molecule has 27 heavy (non-hydrogen) atoms. The number of hydrogen-bond donors (Lipinski definition) is 0. The van der Waals surface area contributed by atoms with Crippen LogP contribution in [-0.2, 0) is 15.8 Å². The summed E-state index contributed by atoms with van der Waals surface area (Å²) in [5.74, 6) is -0.595. The van der Waals surface area contributed by atoms with Crippen molar-refractivity contribution in [3.05, 3.63) is 35.4 Å². The van der Waals surface area contributed by atoms with E-state index in [1.165, 1.54) is 12.1 Å². The highest BCUT2D eigenvalue weighted by Gasteiger charge is 2.32. The minimum Gasteiger partial charge on any atom is -0.342 e. The molecule has 8 heteroatoms. The van der Waals surface area contributed by atoms with E-state index >= 15 is 0 Å². The summed E-state index contributed by atoms with van der Waals surface area (Å²) in [6.07, 6.45) is -1.78. The van der Waals surface area contributed by atoms with Crippen molar-refractivity contribution in [1.82, 2.24) is 9.96 Å². The van der Waals surface area contributed by atoms with Gasteiger partial charge in [-0.3, -0.25) is 14.4 Å². The first-order chi connectivity index (χ1) is 12.8. The summed E-state index contributed by atoms with van der Waals surface area (Å²) in [6, 6.07) is 4.29. The Morgan fingerprint density at radius 1 is 1.11 bits per heavy atom. The second kappa shape index (κ2) is 8.39. The molecule has 5 nitrogen and oxygen atoms in total. The van der Waals surface area contributed by atoms with E-state index in [4.69, 9.17) is 4.84 Å². The monoisotopic (exact) mass is 384 g/mol. The zero-order valence-electron chi connectivity index (χ0n) is 15.0. The number of rotatable bonds is 5. The van der Waals surface area contributed by atoms with Crippen LogP contribution in [-0.4, -0.2) is 54.4 Å². The number of hydrogen-bond acceptors (Lipinski definition) is 4. The minimum atomic E-state index is -4.42. The van der Waals surface area contributed by atoms with E-state index in [2.05, 4.69) is 0 Å². The molecule has 148 valence electrons. The molecule has 0 saturated carbocycles. The van der Waals surface area contributed by atoms with E-state index in [1.807, 2.05) is 0 Å². The number of halogens is 3. The zero-order chi connectivity index (χ0) is 19.4. The van der Waals surface area contributed by atoms with Gasteiger partial charge in [-0.1, -0.05) is 12.1 Å². The quantitative estimate of drug-likeness (QED) is 0.732. The lowest BCUT2D eigenvalue weighted by Crippen LogP contribution is -2.43. The first-order valence-electron chi connectivity index (χ1n) is 9.22. The van der Waals surface area contributed by atoms with Crippen molar-refractivity contribution in [2.45, 2.75) is 31.9 Å². The summed E-state index contributed by atoms with van der Waals surface area (Å²) < 4.78 is 38.0. The molecule has 2 aliphatic rings. The Morgan fingerprint density at radius 3 is 2.48 bits per heavy atom. The minimum absolute atomic E-state index is 0.0181. The first kappa shape index (κ1) is 19.8. The van der Waals surface area contributed by atoms with Gasteiger partial charge in [0.15, 0.2) is 5.78 Å². The predicted molar refractivity (Wildman–Crippen MR) is 91.8 cm³/mol. The van der Waals surface area contributed by atoms with Crippen molar-refractivity contribution < 1.29 is 27.6 Å². The second-order valence-electron chi connectivity index (χ2n) is 6.98. The van der Waals surface area contributed by atoms with Crippen LogP contribution in [0.4, 0.5) is 13.2 Å². The summed E-state index contributed by atoms with van der Waals surface area (Å²) >= 11 is 0. The maximum absolute atomic E-state index is 12.7. The Hall–Kier alpha value is -1.93. The Kier molecular flexibility index (Phi) is 6.16. The third-order valence-corrected chi connectivity index (χ3v) is 5.04. The number of hydroxylamine groups is 2. The number of likely N-dealkylation sites (tertiary alicyclic amines) is 1. The summed E-state index contributed by atoms with van der Waals surface area (Å²) in [6.45, 7) is 2.97. The van der Waals surface area contributed by atoms with Crippen LogP contribution in [0.3, 0.4) is 0 Å². The van der Waals surface area contributed by atoms with Gasteiger partial charge in [0.05, 0.1) is 12.2 Å². The first-order valence-corrected chi connectivity index (χ1v) is 9.22. The fourth-order valence-electron chi connectivity index (χ4n) is 3.53. The number of benzene rings is 1. The molecule has 1 aromatic carbocycles. The summed E-state index contributed by atoms with van der Waals surface area (Å²) in [5, 5.41) is 1.78. The van der Waals surface area contributed by atoms with Crippen molar-refractivity contribution in [1.29, 1.82) is 0 Å². The molecule has 0 N–H and O–H groups in total. The number of carbonyl (C=O) groups is 2. The number of piperidine rings is 1. The largest absolute Gasteiger partial charge is 0.416 e. The van der Waals surface area contributed by atoms with Gasteiger partial charge in [-0.15, -0.1) is 0 Å². The number of Topliss-reactive ketones (excluding diaryl/α,β-unsaturated/α-hetero) is 1. The summed E-state index contributed by atoms with van der Waals surface area (Å²) in [4.78, 5) is 32.1. The van der Waals surface area contributed by atoms with Crippen molar-refractivity contribution in [3.8, 4) is 0 Å². The van der Waals surface area contributed by atoms with Gasteiger partial charge in [0, 0.05) is 44.1 Å². The SMILES string of the molecule is O=C(c1ccc(C(F)(F)F)cc1)[C@H]1CCCN(C(=O)CCN2CCCO2)C1. The third-order valence-electron chi connectivity index (χ3n) is 5.04. The third kappa shape index (κ3) is 5.07. The number of carbonyl (C=O) groups excluding carboxylic acids is 2. The number of nitrogens with zero attached hydrogens (tertiary/aromatic N) is 2. The molecule has 0 spiro atoms. The van der Waals surface area contributed by atoms with Gasteiger partial charge < -0.3 is 4.90 Å². The number of alkyl halides is 3. The smallest absolute Gasteiger partial charge is 0.342 e. The van der Waals surface area contributed by atoms with Crippen molar-refractivity contribution >= 4 is 11.7 Å². The molecule has 2 saturated heterocycles. The molecule has 1 aromatic rings. The van der Waals surface area contributed by atoms with E-state index < -0.39 is 11.7 Å². The van der Waals surface area contributed by atoms with Crippen LogP contribution in [0.5, 0.6) is 0 Å². The van der Waals surface area contributed by atoms with Gasteiger partial charge >= 0.3 is 6.18 Å². The molecule has 0 radical (unpaired) electrons. The van der Waals surface area contributed by atoms with Gasteiger partial charge in [0.1, 0.15) is 0 Å². The normalized spacial score (nSPS) is 21.4. The van der Waals surface area contributed by atoms with Crippen LogP contribution in [0, 0.1) is 5.92 Å². The number of ketones is 1. The lowest BCUT2D eigenvalue weighted by atomic mass is 9.89. The Labute approximate surface area is 156 Å². The maximum atomic E-state index is 12.7. The van der Waals surface area contributed by atoms with E-state index in [0.29, 0.717) is 45.5 Å². The maximum Gasteiger partial charge on any atom is 0.416 e. The van der Waals surface area contributed by atoms with E-state index in [-0.39, 0.29) is 23.2 Å². The molecule has 0 bridgehead atoms. The highest BCUT2D eigenvalue weighted by molar-refractivity contribution is 5.98. The predicted octanol–water partition coefficient (Wildman–Crippen LogP) is 3.15. The molecule has 0 aromatic heterocycles. The lowest BCUT2D eigenvalue weighted by molar-refractivity contribution is -0.140. The summed E-state index contributed by atoms with van der Waals surface area (Å²) in [7, 11) is 0. The van der Waals surface area contributed by atoms with Gasteiger partial charge in [0.25, 0.3) is 0 Å². The average Bonchev–Trinajstić information content (AvgIpc) is 3.18. The van der Waals surface area contributed by atoms with Crippen LogP contribution in [0.25, 0.3) is 0 Å². The lowest BCUT2D eigenvalue weighted by Gasteiger charge is -2.32. The van der Waals surface area contributed by atoms with E-state index in [9.17, 15) is 22.8 Å². The van der Waals surface area contributed by atoms with Crippen LogP contribution in [0.1, 0.15) is 41.6 Å². The molecule has 2 aliphatic heterocycles. The fourth-order valence-corrected chi connectivity index (χ4v) is 3.53. The highest BCUT2D eigenvalue weighted by atomic mass is 19.4. The van der Waals surface area contributed by atoms with Crippen molar-refractivity contribution in [2.75, 3.05) is 32.8 Å². The van der Waals surface area contributed by atoms with Crippen LogP contribution in [0.15, 0.2) is 24.3 Å². The van der Waals surface area contributed by atoms with Crippen LogP contribution >= 0.6 is 0 Å². The second-order valence-corrected chi connectivity index (χ2v) is 6.98. The Bertz CT molecular complexity index is 670. The zero-order valence-corrected chi connectivity index (χ0v) is 15.0. The van der Waals surface area contributed by atoms with Gasteiger partial charge in [-0.05, 0) is 31.4 Å². The molecule has 0 aliphatic carbocycles. The van der Waals surface area contributed by atoms with Crippen LogP contribution < -0.4 is 0 Å². The summed E-state index contributed by atoms with van der Waals surface area (Å²) in [5.41, 5.74) is -0.517. The van der Waals surface area contributed by atoms with Gasteiger partial charge in [-0.2, -0.15) is 18.2 Å². The molecular formula is C19H23F3N2O3. The Balaban J connectivity index is 1.56. The van der Waals surface area contributed by atoms with Crippen LogP contribution in [0.2, 0.25) is 0 Å². The van der Waals surface area contributed by atoms with Gasteiger partial charge in [-0.25, -0.2) is 0 Å². The van der Waals surface area contributed by atoms with E-state index in [1.54, 1.807) is 9.96 Å². The van der Waals surface area contributed by atoms with E-state index in [0.717, 1.165) is 25.1 Å². The molecule has 1 atom stereocenters. The molecule has 2 heterocycles. The molecular weight excluding hydrogens is 361 g/mol. The molecule has 0 unspecified atom stereocenters. The number of amides is 1. The molecule has 1 amide bonds. The fraction of sp³-hybridized carbons (Fsp3) is 0.579. The van der Waals surface area contributed by atoms with Crippen molar-refractivity contribution in [3.63, 3.8) is 0 Å². The highest BCUT2D eigenvalue weighted by Crippen LogP contribution is 2.30. The standard InChI is InChI=1S/C19H23F3N2O3/c20-19(21,22)16-6-4-14(5-7-16)18(26)15-3-1-9-23(13-15)17(25)8-11-24-10-2-12-27-24/h4-7,15H,1-3,8-13H2/t15-/m0/s1. The molecule has 2 fully saturated rings. The average molecular weight is 384 g/mol. The topological polar surface area (TPSA) is 49.9 Å².